The molecule has 0 bridgehead atoms. The number of hydrogen-bond donors (Lipinski definition) is 1. The summed E-state index contributed by atoms with van der Waals surface area (Å²) in [5, 5.41) is 3.65. The number of hydrogen-bond acceptors (Lipinski definition) is 4. The maximum Gasteiger partial charge on any atom is 0.308 e. The molecule has 19 heavy (non-hydrogen) atoms. The minimum Gasteiger partial charge on any atom is -0.466 e. The topological polar surface area (TPSA) is 47.6 Å². The van der Waals surface area contributed by atoms with Crippen LogP contribution in [0.1, 0.15) is 52.4 Å². The van der Waals surface area contributed by atoms with Crippen molar-refractivity contribution in [2.24, 2.45) is 5.92 Å². The van der Waals surface area contributed by atoms with Gasteiger partial charge >= 0.3 is 5.97 Å². The lowest BCUT2D eigenvalue weighted by Gasteiger charge is -2.32. The molecule has 1 heterocycles. The fraction of sp³-hybridized carbons (Fsp3) is 0.933. The van der Waals surface area contributed by atoms with Gasteiger partial charge in [-0.25, -0.2) is 0 Å². The molecule has 2 fully saturated rings. The smallest absolute Gasteiger partial charge is 0.308 e. The molecule has 1 aliphatic carbocycles. The van der Waals surface area contributed by atoms with Crippen LogP contribution in [0.5, 0.6) is 0 Å². The predicted octanol–water partition coefficient (Wildman–Crippen LogP) is 2.27. The highest BCUT2D eigenvalue weighted by Gasteiger charge is 2.31. The van der Waals surface area contributed by atoms with E-state index in [1.165, 1.54) is 6.42 Å². The third kappa shape index (κ3) is 4.18. The van der Waals surface area contributed by atoms with Crippen molar-refractivity contribution in [2.45, 2.75) is 70.6 Å². The van der Waals surface area contributed by atoms with Gasteiger partial charge in [0.05, 0.1) is 18.6 Å². The second-order valence-corrected chi connectivity index (χ2v) is 5.82. The summed E-state index contributed by atoms with van der Waals surface area (Å²) in [5.41, 5.74) is 0. The largest absolute Gasteiger partial charge is 0.466 e. The van der Waals surface area contributed by atoms with Crippen molar-refractivity contribution in [3.63, 3.8) is 0 Å². The summed E-state index contributed by atoms with van der Waals surface area (Å²) < 4.78 is 10.9. The Morgan fingerprint density at radius 3 is 2.89 bits per heavy atom. The zero-order valence-electron chi connectivity index (χ0n) is 12.2. The van der Waals surface area contributed by atoms with Crippen molar-refractivity contribution in [3.05, 3.63) is 0 Å². The summed E-state index contributed by atoms with van der Waals surface area (Å²) in [6.45, 7) is 5.45. The molecular weight excluding hydrogens is 242 g/mol. The quantitative estimate of drug-likeness (QED) is 0.778. The number of esters is 1. The van der Waals surface area contributed by atoms with Crippen molar-refractivity contribution in [2.75, 3.05) is 13.2 Å². The van der Waals surface area contributed by atoms with Crippen LogP contribution in [0.25, 0.3) is 0 Å². The van der Waals surface area contributed by atoms with E-state index in [1.807, 2.05) is 6.92 Å². The van der Waals surface area contributed by atoms with Crippen LogP contribution in [0.3, 0.4) is 0 Å². The number of rotatable bonds is 5. The lowest BCUT2D eigenvalue weighted by atomic mass is 9.85. The third-order valence-electron chi connectivity index (χ3n) is 4.32. The number of carbonyl (C=O) groups is 1. The molecule has 4 atom stereocenters. The van der Waals surface area contributed by atoms with Crippen molar-refractivity contribution >= 4 is 5.97 Å². The Kier molecular flexibility index (Phi) is 5.64. The number of nitrogens with one attached hydrogen (secondary N) is 1. The number of carbonyl (C=O) groups excluding carboxylic acids is 1. The van der Waals surface area contributed by atoms with Gasteiger partial charge in [0.15, 0.2) is 0 Å². The van der Waals surface area contributed by atoms with Crippen LogP contribution >= 0.6 is 0 Å². The van der Waals surface area contributed by atoms with Crippen LogP contribution in [0.15, 0.2) is 0 Å². The van der Waals surface area contributed by atoms with Gasteiger partial charge in [-0.15, -0.1) is 0 Å². The SMILES string of the molecule is CCOC(=O)C1CCCC(NC(C)C2CCCO2)C1. The average molecular weight is 269 g/mol. The molecule has 1 saturated carbocycles. The molecule has 0 aromatic carbocycles. The summed E-state index contributed by atoms with van der Waals surface area (Å²) in [6, 6.07) is 0.816. The van der Waals surface area contributed by atoms with Crippen LogP contribution in [0.2, 0.25) is 0 Å². The molecule has 4 nitrogen and oxygen atoms in total. The van der Waals surface area contributed by atoms with Gasteiger partial charge < -0.3 is 14.8 Å². The molecule has 1 N–H and O–H groups in total. The molecule has 0 aromatic rings. The Morgan fingerprint density at radius 2 is 2.21 bits per heavy atom. The summed E-state index contributed by atoms with van der Waals surface area (Å²) >= 11 is 0. The van der Waals surface area contributed by atoms with Crippen molar-refractivity contribution in [1.29, 1.82) is 0 Å². The van der Waals surface area contributed by atoms with Gasteiger partial charge in [-0.1, -0.05) is 6.42 Å². The van der Waals surface area contributed by atoms with Crippen LogP contribution < -0.4 is 5.32 Å². The monoisotopic (exact) mass is 269 g/mol. The molecule has 0 amide bonds. The normalized spacial score (nSPS) is 33.1. The fourth-order valence-electron chi connectivity index (χ4n) is 3.29. The second kappa shape index (κ2) is 7.25. The van der Waals surface area contributed by atoms with Crippen molar-refractivity contribution < 1.29 is 14.3 Å². The Labute approximate surface area is 116 Å². The van der Waals surface area contributed by atoms with Crippen molar-refractivity contribution in [3.8, 4) is 0 Å². The molecule has 110 valence electrons. The average Bonchev–Trinajstić information content (AvgIpc) is 2.93. The summed E-state index contributed by atoms with van der Waals surface area (Å²) in [6.07, 6.45) is 6.84. The van der Waals surface area contributed by atoms with Crippen LogP contribution in [0.4, 0.5) is 0 Å². The molecule has 0 radical (unpaired) electrons. The van der Waals surface area contributed by atoms with Crippen LogP contribution in [0, 0.1) is 5.92 Å². The van der Waals surface area contributed by atoms with E-state index in [4.69, 9.17) is 9.47 Å². The first-order valence-corrected chi connectivity index (χ1v) is 7.75. The molecule has 4 unspecified atom stereocenters. The first kappa shape index (κ1) is 14.8. The highest BCUT2D eigenvalue weighted by atomic mass is 16.5. The standard InChI is InChI=1S/C15H27NO3/c1-3-18-15(17)12-6-4-7-13(10-12)16-11(2)14-8-5-9-19-14/h11-14,16H,3-10H2,1-2H3. The van der Waals surface area contributed by atoms with E-state index in [1.54, 1.807) is 0 Å². The van der Waals surface area contributed by atoms with E-state index in [0.717, 1.165) is 38.7 Å². The van der Waals surface area contributed by atoms with Gasteiger partial charge in [0.2, 0.25) is 0 Å². The van der Waals surface area contributed by atoms with Gasteiger partial charge in [0, 0.05) is 18.7 Å². The molecule has 0 aromatic heterocycles. The van der Waals surface area contributed by atoms with Crippen LogP contribution in [-0.4, -0.2) is 37.4 Å². The Hall–Kier alpha value is -0.610. The van der Waals surface area contributed by atoms with Gasteiger partial charge in [0.25, 0.3) is 0 Å². The minimum absolute atomic E-state index is 0.0150. The molecule has 4 heteroatoms. The molecular formula is C15H27NO3. The molecule has 2 rings (SSSR count). The molecule has 1 saturated heterocycles. The van der Waals surface area contributed by atoms with E-state index in [0.29, 0.717) is 24.8 Å². The summed E-state index contributed by atoms with van der Waals surface area (Å²) in [7, 11) is 0. The summed E-state index contributed by atoms with van der Waals surface area (Å²) in [5.74, 6) is 0.0710. The Balaban J connectivity index is 1.78. The lowest BCUT2D eigenvalue weighted by Crippen LogP contribution is -2.46. The van der Waals surface area contributed by atoms with Crippen LogP contribution in [-0.2, 0) is 14.3 Å². The van der Waals surface area contributed by atoms with E-state index in [9.17, 15) is 4.79 Å². The molecule has 2 aliphatic rings. The van der Waals surface area contributed by atoms with E-state index in [-0.39, 0.29) is 11.9 Å². The van der Waals surface area contributed by atoms with Crippen molar-refractivity contribution in [1.82, 2.24) is 5.32 Å². The second-order valence-electron chi connectivity index (χ2n) is 5.82. The van der Waals surface area contributed by atoms with Gasteiger partial charge in [-0.2, -0.15) is 0 Å². The Bertz CT molecular complexity index is 289. The highest BCUT2D eigenvalue weighted by Crippen LogP contribution is 2.26. The summed E-state index contributed by atoms with van der Waals surface area (Å²) in [4.78, 5) is 11.8. The fourth-order valence-corrected chi connectivity index (χ4v) is 3.29. The zero-order chi connectivity index (χ0) is 13.7. The van der Waals surface area contributed by atoms with E-state index >= 15 is 0 Å². The van der Waals surface area contributed by atoms with Gasteiger partial charge in [0.1, 0.15) is 0 Å². The zero-order valence-corrected chi connectivity index (χ0v) is 12.2. The first-order valence-electron chi connectivity index (χ1n) is 7.75. The lowest BCUT2D eigenvalue weighted by molar-refractivity contribution is -0.149. The maximum atomic E-state index is 11.8. The highest BCUT2D eigenvalue weighted by molar-refractivity contribution is 5.72. The van der Waals surface area contributed by atoms with Gasteiger partial charge in [-0.3, -0.25) is 4.79 Å². The molecule has 0 spiro atoms. The first-order chi connectivity index (χ1) is 9.20. The predicted molar refractivity (Wildman–Crippen MR) is 74.0 cm³/mol. The maximum absolute atomic E-state index is 11.8. The van der Waals surface area contributed by atoms with E-state index in [2.05, 4.69) is 12.2 Å². The van der Waals surface area contributed by atoms with Gasteiger partial charge in [-0.05, 0) is 46.0 Å². The minimum atomic E-state index is -0.0150. The number of ether oxygens (including phenoxy) is 2. The third-order valence-corrected chi connectivity index (χ3v) is 4.32. The van der Waals surface area contributed by atoms with E-state index < -0.39 is 0 Å². The molecule has 1 aliphatic heterocycles. The Morgan fingerprint density at radius 1 is 1.37 bits per heavy atom.